The van der Waals surface area contributed by atoms with E-state index < -0.39 is 5.97 Å². The standard InChI is InChI=1S/C57H44N4O5/c1-4-63-38-21-17-35(18-22-38)50-43-27-28-44(58-43)51(36-19-23-39(24-20-36)64-5-2)46-31-32-48(60-46)54-56(66-57(62)37-15-11-8-12-16-37)53-49(34-13-9-7-10-14-34)42-33-40(65-6-3)25-26-41(42)52(55(53)61-54)47-30-29-45(50)59-47/h7-33,58,60H,4-6H2,1-3H3. The van der Waals surface area contributed by atoms with Crippen LogP contribution in [0.25, 0.3) is 50.2 Å². The van der Waals surface area contributed by atoms with Gasteiger partial charge in [0, 0.05) is 38.3 Å². The number of allylic oxidation sites excluding steroid dienone is 1. The number of ether oxygens (including phenoxy) is 4. The smallest absolute Gasteiger partial charge is 0.343 e. The first-order chi connectivity index (χ1) is 32.5. The summed E-state index contributed by atoms with van der Waals surface area (Å²) >= 11 is 0. The molecule has 3 aliphatic rings. The fourth-order valence-electron chi connectivity index (χ4n) is 9.17. The number of hydrogen-bond acceptors (Lipinski definition) is 7. The van der Waals surface area contributed by atoms with Crippen molar-refractivity contribution >= 4 is 50.8 Å². The minimum atomic E-state index is -0.500. The lowest BCUT2D eigenvalue weighted by Crippen LogP contribution is -2.31. The second kappa shape index (κ2) is 16.9. The molecule has 8 aromatic rings. The Hall–Kier alpha value is -8.43. The Morgan fingerprint density at radius 2 is 1.14 bits per heavy atom. The molecule has 0 aliphatic carbocycles. The van der Waals surface area contributed by atoms with Gasteiger partial charge in [0.2, 0.25) is 0 Å². The van der Waals surface area contributed by atoms with Gasteiger partial charge in [-0.05, 0) is 139 Å². The average Bonchev–Trinajstić information content (AvgIpc) is 4.19. The Balaban J connectivity index is 1.29. The number of fused-ring (bicyclic) bond motifs is 9. The Morgan fingerprint density at radius 3 is 1.82 bits per heavy atom. The van der Waals surface area contributed by atoms with Crippen LogP contribution in [-0.2, 0) is 4.74 Å². The van der Waals surface area contributed by atoms with Gasteiger partial charge in [-0.3, -0.25) is 0 Å². The van der Waals surface area contributed by atoms with E-state index in [2.05, 4.69) is 88.9 Å². The molecule has 2 N–H and O–H groups in total. The maximum Gasteiger partial charge on any atom is 0.343 e. The second-order valence-electron chi connectivity index (χ2n) is 16.0. The largest absolute Gasteiger partial charge is 0.494 e. The zero-order chi connectivity index (χ0) is 44.7. The van der Waals surface area contributed by atoms with Gasteiger partial charge in [0.05, 0.1) is 53.4 Å². The molecule has 2 aromatic heterocycles. The third-order valence-corrected chi connectivity index (χ3v) is 12.0. The van der Waals surface area contributed by atoms with Crippen LogP contribution in [0.5, 0.6) is 17.2 Å². The fraction of sp³-hybridized carbons (Fsp3) is 0.105. The van der Waals surface area contributed by atoms with Gasteiger partial charge in [-0.15, -0.1) is 0 Å². The number of benzene rings is 6. The quantitative estimate of drug-likeness (QED) is 0.126. The minimum absolute atomic E-state index is 0.335. The molecule has 0 unspecified atom stereocenters. The van der Waals surface area contributed by atoms with Gasteiger partial charge < -0.3 is 28.9 Å². The van der Waals surface area contributed by atoms with Crippen LogP contribution in [0.15, 0.2) is 174 Å². The first-order valence-electron chi connectivity index (χ1n) is 22.3. The fourth-order valence-corrected chi connectivity index (χ4v) is 9.17. The molecular formula is C57H44N4O5. The number of aromatic nitrogens is 2. The molecule has 3 aliphatic heterocycles. The summed E-state index contributed by atoms with van der Waals surface area (Å²) in [6, 6.07) is 50.0. The van der Waals surface area contributed by atoms with E-state index in [1.807, 2.05) is 93.6 Å². The topological polar surface area (TPSA) is 110 Å². The molecule has 0 saturated heterocycles. The number of esters is 1. The van der Waals surface area contributed by atoms with Crippen LogP contribution < -0.4 is 35.5 Å². The predicted octanol–water partition coefficient (Wildman–Crippen LogP) is 9.25. The van der Waals surface area contributed by atoms with Crippen LogP contribution in [0.3, 0.4) is 0 Å². The van der Waals surface area contributed by atoms with Crippen molar-refractivity contribution < 1.29 is 23.7 Å². The highest BCUT2D eigenvalue weighted by Crippen LogP contribution is 2.41. The summed E-state index contributed by atoms with van der Waals surface area (Å²) in [4.78, 5) is 33.0. The number of carbonyl (C=O) groups is 1. The number of H-pyrrole nitrogens is 2. The Kier molecular flexibility index (Phi) is 10.4. The number of carbonyl (C=O) groups excluding carboxylic acids is 1. The third-order valence-electron chi connectivity index (χ3n) is 12.0. The lowest BCUT2D eigenvalue weighted by Gasteiger charge is -2.17. The van der Waals surface area contributed by atoms with Crippen molar-refractivity contribution in [2.45, 2.75) is 20.8 Å². The van der Waals surface area contributed by atoms with Gasteiger partial charge >= 0.3 is 5.97 Å². The molecule has 8 bridgehead atoms. The maximum atomic E-state index is 14.4. The minimum Gasteiger partial charge on any atom is -0.494 e. The van der Waals surface area contributed by atoms with Crippen LogP contribution in [0.2, 0.25) is 0 Å². The predicted molar refractivity (Wildman–Crippen MR) is 260 cm³/mol. The molecule has 5 heterocycles. The van der Waals surface area contributed by atoms with Crippen LogP contribution >= 0.6 is 0 Å². The highest BCUT2D eigenvalue weighted by Gasteiger charge is 2.32. The van der Waals surface area contributed by atoms with Crippen LogP contribution in [0.4, 0.5) is 0 Å². The van der Waals surface area contributed by atoms with Crippen molar-refractivity contribution in [1.29, 1.82) is 0 Å². The second-order valence-corrected chi connectivity index (χ2v) is 16.0. The van der Waals surface area contributed by atoms with Gasteiger partial charge in [0.15, 0.2) is 5.76 Å². The van der Waals surface area contributed by atoms with Crippen molar-refractivity contribution in [1.82, 2.24) is 9.97 Å². The molecule has 6 aromatic carbocycles. The molecule has 9 nitrogen and oxygen atoms in total. The van der Waals surface area contributed by atoms with E-state index in [0.29, 0.717) is 64.9 Å². The number of nitrogens with one attached hydrogen (secondary N) is 2. The maximum absolute atomic E-state index is 14.4. The van der Waals surface area contributed by atoms with Crippen molar-refractivity contribution in [2.75, 3.05) is 19.8 Å². The van der Waals surface area contributed by atoms with Crippen LogP contribution in [-0.4, -0.2) is 41.5 Å². The van der Waals surface area contributed by atoms with Crippen molar-refractivity contribution in [2.24, 2.45) is 9.98 Å². The summed E-state index contributed by atoms with van der Waals surface area (Å²) in [6.45, 7) is 7.56. The summed E-state index contributed by atoms with van der Waals surface area (Å²) in [7, 11) is 0. The van der Waals surface area contributed by atoms with Gasteiger partial charge in [0.1, 0.15) is 22.9 Å². The molecular weight excluding hydrogens is 821 g/mol. The lowest BCUT2D eigenvalue weighted by molar-refractivity contribution is 0.0693. The highest BCUT2D eigenvalue weighted by molar-refractivity contribution is 6.31. The van der Waals surface area contributed by atoms with E-state index in [4.69, 9.17) is 28.9 Å². The molecule has 11 rings (SSSR count). The van der Waals surface area contributed by atoms with E-state index in [9.17, 15) is 4.79 Å². The molecule has 66 heavy (non-hydrogen) atoms. The van der Waals surface area contributed by atoms with Crippen LogP contribution in [0, 0.1) is 0 Å². The van der Waals surface area contributed by atoms with Gasteiger partial charge in [-0.25, -0.2) is 14.8 Å². The molecule has 0 fully saturated rings. The van der Waals surface area contributed by atoms with E-state index in [-0.39, 0.29) is 0 Å². The van der Waals surface area contributed by atoms with E-state index in [1.54, 1.807) is 12.1 Å². The van der Waals surface area contributed by atoms with Gasteiger partial charge in [-0.1, -0.05) is 72.8 Å². The summed E-state index contributed by atoms with van der Waals surface area (Å²) < 4.78 is 24.6. The van der Waals surface area contributed by atoms with Gasteiger partial charge in [0.25, 0.3) is 0 Å². The van der Waals surface area contributed by atoms with Crippen molar-refractivity contribution in [3.63, 3.8) is 0 Å². The summed E-state index contributed by atoms with van der Waals surface area (Å²) in [5.41, 5.74) is 10.1. The summed E-state index contributed by atoms with van der Waals surface area (Å²) in [5, 5.41) is 5.05. The number of rotatable bonds is 11. The molecule has 322 valence electrons. The van der Waals surface area contributed by atoms with Crippen molar-refractivity contribution in [3.8, 4) is 28.4 Å². The zero-order valence-corrected chi connectivity index (χ0v) is 36.6. The molecule has 0 radical (unpaired) electrons. The third kappa shape index (κ3) is 7.11. The number of aromatic amines is 2. The molecule has 0 saturated carbocycles. The van der Waals surface area contributed by atoms with Crippen LogP contribution in [0.1, 0.15) is 59.2 Å². The van der Waals surface area contributed by atoms with E-state index in [0.717, 1.165) is 83.0 Å². The zero-order valence-electron chi connectivity index (χ0n) is 36.6. The molecule has 9 heteroatoms. The highest BCUT2D eigenvalue weighted by atomic mass is 16.5. The lowest BCUT2D eigenvalue weighted by atomic mass is 9.90. The first kappa shape index (κ1) is 40.4. The van der Waals surface area contributed by atoms with Gasteiger partial charge in [-0.2, -0.15) is 0 Å². The normalized spacial score (nSPS) is 13.6. The van der Waals surface area contributed by atoms with Crippen molar-refractivity contribution in [3.05, 3.63) is 219 Å². The molecule has 0 spiro atoms. The Morgan fingerprint density at radius 1 is 0.530 bits per heavy atom. The first-order valence-corrected chi connectivity index (χ1v) is 22.3. The summed E-state index contributed by atoms with van der Waals surface area (Å²) in [6.07, 6.45) is 4.12. The number of hydrogen-bond donors (Lipinski definition) is 2. The van der Waals surface area contributed by atoms with E-state index >= 15 is 0 Å². The average molecular weight is 865 g/mol. The monoisotopic (exact) mass is 864 g/mol. The molecule has 0 amide bonds. The SMILES string of the molecule is CCOc1ccc(C2=c3ccc([nH]3)=C(c3ccc(OCC)cc3)c3ccc([nH]3)C3=C(OC(=O)c4ccccc4)c4c(-c5ccccc5)c5cc(OCC)ccc5c(c4=N3)=C3C=CC2=N3)cc1. The Labute approximate surface area is 380 Å². The Bertz CT molecular complexity index is 3580. The summed E-state index contributed by atoms with van der Waals surface area (Å²) in [5.74, 6) is 2.12. The number of aliphatic imine (C=N–C) groups is 1. The number of nitrogens with zero attached hydrogens (tertiary/aromatic N) is 2. The van der Waals surface area contributed by atoms with E-state index in [1.165, 1.54) is 0 Å². The molecule has 0 atom stereocenters.